The molecular weight excluding hydrogens is 349 g/mol. The summed E-state index contributed by atoms with van der Waals surface area (Å²) >= 11 is 8.99. The highest BCUT2D eigenvalue weighted by atomic mass is 79.9. The van der Waals surface area contributed by atoms with Gasteiger partial charge in [0.15, 0.2) is 0 Å². The molecule has 1 aromatic carbocycles. The number of carbonyl (C=O) groups is 1. The molecule has 0 saturated carbocycles. The van der Waals surface area contributed by atoms with E-state index in [0.29, 0.717) is 21.3 Å². The number of fused-ring (bicyclic) bond motifs is 1. The van der Waals surface area contributed by atoms with Gasteiger partial charge in [0, 0.05) is 12.1 Å². The van der Waals surface area contributed by atoms with Crippen molar-refractivity contribution in [3.8, 4) is 0 Å². The second kappa shape index (κ2) is 6.10. The zero-order valence-electron chi connectivity index (χ0n) is 11.1. The highest BCUT2D eigenvalue weighted by Gasteiger charge is 2.15. The van der Waals surface area contributed by atoms with Gasteiger partial charge < -0.3 is 9.88 Å². The van der Waals surface area contributed by atoms with E-state index in [1.807, 2.05) is 13.8 Å². The number of amides is 1. The summed E-state index contributed by atoms with van der Waals surface area (Å²) < 4.78 is 15.5. The summed E-state index contributed by atoms with van der Waals surface area (Å²) in [7, 11) is 0. The lowest BCUT2D eigenvalue weighted by atomic mass is 10.3. The summed E-state index contributed by atoms with van der Waals surface area (Å²) in [5, 5.41) is 2.81. The van der Waals surface area contributed by atoms with Gasteiger partial charge >= 0.3 is 0 Å². The minimum absolute atomic E-state index is 0.0564. The van der Waals surface area contributed by atoms with E-state index in [1.54, 1.807) is 10.6 Å². The van der Waals surface area contributed by atoms with Crippen LogP contribution >= 0.6 is 27.5 Å². The molecule has 0 aliphatic rings. The Kier molecular flexibility index (Phi) is 4.65. The number of benzene rings is 1. The first-order valence-corrected chi connectivity index (χ1v) is 7.44. The van der Waals surface area contributed by atoms with Crippen LogP contribution in [0, 0.1) is 5.82 Å². The molecule has 108 valence electrons. The molecule has 20 heavy (non-hydrogen) atoms. The lowest BCUT2D eigenvalue weighted by Crippen LogP contribution is -2.33. The first kappa shape index (κ1) is 15.3. The monoisotopic (exact) mass is 361 g/mol. The van der Waals surface area contributed by atoms with E-state index in [2.05, 4.69) is 26.2 Å². The Morgan fingerprint density at radius 3 is 2.85 bits per heavy atom. The third-order valence-corrected chi connectivity index (χ3v) is 3.59. The molecular formula is C13H14BrClFN3O. The molecule has 0 unspecified atom stereocenters. The van der Waals surface area contributed by atoms with Gasteiger partial charge in [-0.3, -0.25) is 4.79 Å². The topological polar surface area (TPSA) is 46.9 Å². The first-order valence-electron chi connectivity index (χ1n) is 6.12. The minimum atomic E-state index is -0.394. The molecule has 1 heterocycles. The number of imidazole rings is 1. The zero-order chi connectivity index (χ0) is 14.9. The standard InChI is InChI=1S/C13H14BrClFN3O/c1-7(2)17-13(20)6-19-11-3-8(14)9(16)4-10(11)18-12(19)5-15/h3-4,7H,5-6H2,1-2H3,(H,17,20). The largest absolute Gasteiger partial charge is 0.352 e. The fourth-order valence-corrected chi connectivity index (χ4v) is 2.50. The average molecular weight is 363 g/mol. The molecule has 0 radical (unpaired) electrons. The summed E-state index contributed by atoms with van der Waals surface area (Å²) in [6.45, 7) is 3.88. The van der Waals surface area contributed by atoms with Crippen LogP contribution in [0.4, 0.5) is 4.39 Å². The normalized spacial score (nSPS) is 11.3. The van der Waals surface area contributed by atoms with Crippen LogP contribution in [0.2, 0.25) is 0 Å². The Morgan fingerprint density at radius 2 is 2.25 bits per heavy atom. The summed E-state index contributed by atoms with van der Waals surface area (Å²) in [4.78, 5) is 16.2. The highest BCUT2D eigenvalue weighted by Crippen LogP contribution is 2.24. The van der Waals surface area contributed by atoms with Crippen LogP contribution in [0.15, 0.2) is 16.6 Å². The maximum absolute atomic E-state index is 13.5. The molecule has 1 amide bonds. The average Bonchev–Trinajstić information content (AvgIpc) is 2.67. The van der Waals surface area contributed by atoms with E-state index in [0.717, 1.165) is 0 Å². The predicted octanol–water partition coefficient (Wildman–Crippen LogP) is 3.20. The molecule has 0 spiro atoms. The van der Waals surface area contributed by atoms with Gasteiger partial charge in [-0.1, -0.05) is 0 Å². The van der Waals surface area contributed by atoms with Crippen molar-refractivity contribution < 1.29 is 9.18 Å². The number of nitrogens with zero attached hydrogens (tertiary/aromatic N) is 2. The molecule has 0 fully saturated rings. The lowest BCUT2D eigenvalue weighted by Gasteiger charge is -2.11. The number of halogens is 3. The number of hydrogen-bond acceptors (Lipinski definition) is 2. The number of rotatable bonds is 4. The van der Waals surface area contributed by atoms with Gasteiger partial charge in [0.25, 0.3) is 0 Å². The van der Waals surface area contributed by atoms with Crippen LogP contribution in [0.1, 0.15) is 19.7 Å². The molecule has 1 aromatic heterocycles. The molecule has 4 nitrogen and oxygen atoms in total. The molecule has 7 heteroatoms. The van der Waals surface area contributed by atoms with Crippen molar-refractivity contribution in [3.63, 3.8) is 0 Å². The van der Waals surface area contributed by atoms with Crippen LogP contribution in [-0.4, -0.2) is 21.5 Å². The van der Waals surface area contributed by atoms with Crippen molar-refractivity contribution in [2.24, 2.45) is 0 Å². The third-order valence-electron chi connectivity index (χ3n) is 2.74. The fourth-order valence-electron chi connectivity index (χ4n) is 1.96. The highest BCUT2D eigenvalue weighted by molar-refractivity contribution is 9.10. The van der Waals surface area contributed by atoms with E-state index in [9.17, 15) is 9.18 Å². The number of nitrogens with one attached hydrogen (secondary N) is 1. The number of alkyl halides is 1. The van der Waals surface area contributed by atoms with Gasteiger partial charge in [0.2, 0.25) is 5.91 Å². The molecule has 0 aliphatic heterocycles. The quantitative estimate of drug-likeness (QED) is 0.849. The Hall–Kier alpha value is -1.14. The zero-order valence-corrected chi connectivity index (χ0v) is 13.4. The summed E-state index contributed by atoms with van der Waals surface area (Å²) in [6.07, 6.45) is 0. The van der Waals surface area contributed by atoms with Crippen molar-refractivity contribution in [1.29, 1.82) is 0 Å². The van der Waals surface area contributed by atoms with Crippen molar-refractivity contribution in [2.75, 3.05) is 0 Å². The first-order chi connectivity index (χ1) is 9.42. The molecule has 0 atom stereocenters. The minimum Gasteiger partial charge on any atom is -0.352 e. The summed E-state index contributed by atoms with van der Waals surface area (Å²) in [6, 6.07) is 2.99. The molecule has 1 N–H and O–H groups in total. The number of carbonyl (C=O) groups excluding carboxylic acids is 1. The smallest absolute Gasteiger partial charge is 0.240 e. The third kappa shape index (κ3) is 3.12. The molecule has 0 aliphatic carbocycles. The van der Waals surface area contributed by atoms with E-state index >= 15 is 0 Å². The van der Waals surface area contributed by atoms with Crippen LogP contribution in [-0.2, 0) is 17.2 Å². The molecule has 0 saturated heterocycles. The fraction of sp³-hybridized carbons (Fsp3) is 0.385. The lowest BCUT2D eigenvalue weighted by molar-refractivity contribution is -0.122. The van der Waals surface area contributed by atoms with Crippen molar-refractivity contribution in [2.45, 2.75) is 32.3 Å². The van der Waals surface area contributed by atoms with Gasteiger partial charge in [0.1, 0.15) is 18.2 Å². The van der Waals surface area contributed by atoms with Gasteiger partial charge in [-0.15, -0.1) is 11.6 Å². The maximum atomic E-state index is 13.5. The Bertz CT molecular complexity index is 657. The molecule has 2 aromatic rings. The predicted molar refractivity (Wildman–Crippen MR) is 80.2 cm³/mol. The van der Waals surface area contributed by atoms with Crippen molar-refractivity contribution >= 4 is 44.5 Å². The Balaban J connectivity index is 2.45. The number of aromatic nitrogens is 2. The summed E-state index contributed by atoms with van der Waals surface area (Å²) in [5.74, 6) is 0.169. The van der Waals surface area contributed by atoms with Crippen LogP contribution < -0.4 is 5.32 Å². The summed E-state index contributed by atoms with van der Waals surface area (Å²) in [5.41, 5.74) is 1.16. The van der Waals surface area contributed by atoms with Crippen LogP contribution in [0.3, 0.4) is 0 Å². The second-order valence-electron chi connectivity index (χ2n) is 4.73. The van der Waals surface area contributed by atoms with E-state index < -0.39 is 5.82 Å². The maximum Gasteiger partial charge on any atom is 0.240 e. The Labute approximate surface area is 129 Å². The van der Waals surface area contributed by atoms with Crippen LogP contribution in [0.5, 0.6) is 0 Å². The van der Waals surface area contributed by atoms with Gasteiger partial charge in [-0.25, -0.2) is 9.37 Å². The van der Waals surface area contributed by atoms with E-state index in [-0.39, 0.29) is 24.4 Å². The van der Waals surface area contributed by atoms with Gasteiger partial charge in [-0.2, -0.15) is 0 Å². The number of hydrogen-bond donors (Lipinski definition) is 1. The molecule has 0 bridgehead atoms. The van der Waals surface area contributed by atoms with Gasteiger partial charge in [0.05, 0.1) is 21.4 Å². The SMILES string of the molecule is CC(C)NC(=O)Cn1c(CCl)nc2cc(F)c(Br)cc21. The van der Waals surface area contributed by atoms with Crippen molar-refractivity contribution in [3.05, 3.63) is 28.2 Å². The van der Waals surface area contributed by atoms with E-state index in [1.165, 1.54) is 6.07 Å². The second-order valence-corrected chi connectivity index (χ2v) is 5.85. The van der Waals surface area contributed by atoms with Crippen molar-refractivity contribution in [1.82, 2.24) is 14.9 Å². The van der Waals surface area contributed by atoms with Gasteiger partial charge in [-0.05, 0) is 35.8 Å². The molecule has 2 rings (SSSR count). The Morgan fingerprint density at radius 1 is 1.55 bits per heavy atom. The van der Waals surface area contributed by atoms with Crippen LogP contribution in [0.25, 0.3) is 11.0 Å². The van der Waals surface area contributed by atoms with E-state index in [4.69, 9.17) is 11.6 Å².